The number of aromatic nitrogens is 1. The molecule has 1 aliphatic heterocycles. The molecule has 0 radical (unpaired) electrons. The molecule has 1 aromatic heterocycles. The largest absolute Gasteiger partial charge is 0.335 e. The molecule has 132 valence electrons. The Bertz CT molecular complexity index is 823. The van der Waals surface area contributed by atoms with Crippen molar-refractivity contribution in [3.63, 3.8) is 0 Å². The summed E-state index contributed by atoms with van der Waals surface area (Å²) in [7, 11) is 0. The summed E-state index contributed by atoms with van der Waals surface area (Å²) in [5, 5.41) is 4.02. The Morgan fingerprint density at radius 2 is 1.84 bits per heavy atom. The van der Waals surface area contributed by atoms with Gasteiger partial charge < -0.3 is 14.8 Å². The smallest absolute Gasteiger partial charge is 0.255 e. The van der Waals surface area contributed by atoms with Gasteiger partial charge >= 0.3 is 0 Å². The number of hydrogen-bond donors (Lipinski definition) is 1. The summed E-state index contributed by atoms with van der Waals surface area (Å²) in [4.78, 5) is 26.8. The molecule has 1 saturated heterocycles. The molecule has 5 nitrogen and oxygen atoms in total. The first kappa shape index (κ1) is 17.7. The number of rotatable bonds is 3. The van der Waals surface area contributed by atoms with Crippen LogP contribution in [-0.4, -0.2) is 40.5 Å². The van der Waals surface area contributed by atoms with Gasteiger partial charge in [-0.15, -0.1) is 0 Å². The predicted molar refractivity (Wildman–Crippen MR) is 99.2 cm³/mol. The summed E-state index contributed by atoms with van der Waals surface area (Å²) in [5.74, 6) is -0.0480. The number of nitrogens with one attached hydrogen (secondary N) is 1. The maximum absolute atomic E-state index is 12.8. The molecule has 2 heterocycles. The van der Waals surface area contributed by atoms with Gasteiger partial charge in [-0.05, 0) is 31.5 Å². The Morgan fingerprint density at radius 3 is 2.52 bits per heavy atom. The summed E-state index contributed by atoms with van der Waals surface area (Å²) in [6.45, 7) is 5.79. The first-order valence-electron chi connectivity index (χ1n) is 8.43. The van der Waals surface area contributed by atoms with Crippen molar-refractivity contribution < 1.29 is 4.79 Å². The maximum Gasteiger partial charge on any atom is 0.255 e. The number of carbonyl (C=O) groups is 1. The topological polar surface area (TPSA) is 54.3 Å². The fourth-order valence-corrected chi connectivity index (χ4v) is 3.46. The van der Waals surface area contributed by atoms with E-state index in [1.165, 1.54) is 10.6 Å². The minimum atomic E-state index is -0.154. The minimum absolute atomic E-state index is 0.0480. The molecule has 1 N–H and O–H groups in total. The molecule has 2 unspecified atom stereocenters. The molecule has 0 saturated carbocycles. The monoisotopic (exact) mass is 359 g/mol. The summed E-state index contributed by atoms with van der Waals surface area (Å²) in [6.07, 6.45) is 1.63. The van der Waals surface area contributed by atoms with E-state index in [0.717, 1.165) is 5.56 Å². The van der Waals surface area contributed by atoms with Crippen LogP contribution in [0.5, 0.6) is 0 Å². The van der Waals surface area contributed by atoms with Gasteiger partial charge in [-0.25, -0.2) is 0 Å². The molecule has 1 amide bonds. The molecule has 0 aliphatic carbocycles. The number of pyridine rings is 1. The Hall–Kier alpha value is -2.11. The SMILES string of the molecule is CC1CN(C(=O)c2ccc(=O)n(Cc3ccccc3Cl)c2)CC(C)N1. The third kappa shape index (κ3) is 4.11. The third-order valence-electron chi connectivity index (χ3n) is 4.37. The molecule has 3 rings (SSSR count). The van der Waals surface area contributed by atoms with Crippen molar-refractivity contribution in [2.75, 3.05) is 13.1 Å². The number of carbonyl (C=O) groups excluding carboxylic acids is 1. The lowest BCUT2D eigenvalue weighted by Crippen LogP contribution is -2.55. The zero-order valence-corrected chi connectivity index (χ0v) is 15.2. The standard InChI is InChI=1S/C19H22ClN3O2/c1-13-9-23(10-14(2)21-13)19(25)16-7-8-18(24)22(12-16)11-15-5-3-4-6-17(15)20/h3-8,12-14,21H,9-11H2,1-2H3. The highest BCUT2D eigenvalue weighted by molar-refractivity contribution is 6.31. The van der Waals surface area contributed by atoms with Gasteiger partial charge in [0.25, 0.3) is 11.5 Å². The van der Waals surface area contributed by atoms with E-state index in [2.05, 4.69) is 19.2 Å². The van der Waals surface area contributed by atoms with Gasteiger partial charge in [0.1, 0.15) is 0 Å². The summed E-state index contributed by atoms with van der Waals surface area (Å²) in [6, 6.07) is 10.9. The summed E-state index contributed by atoms with van der Waals surface area (Å²) in [5.41, 5.74) is 1.21. The zero-order valence-electron chi connectivity index (χ0n) is 14.4. The number of nitrogens with zero attached hydrogens (tertiary/aromatic N) is 2. The number of halogens is 1. The molecule has 25 heavy (non-hydrogen) atoms. The van der Waals surface area contributed by atoms with E-state index in [9.17, 15) is 9.59 Å². The van der Waals surface area contributed by atoms with Crippen molar-refractivity contribution in [1.82, 2.24) is 14.8 Å². The Labute approximate surface area is 152 Å². The van der Waals surface area contributed by atoms with Crippen molar-refractivity contribution in [1.29, 1.82) is 0 Å². The molecule has 1 aromatic carbocycles. The van der Waals surface area contributed by atoms with Crippen molar-refractivity contribution in [3.8, 4) is 0 Å². The number of piperazine rings is 1. The van der Waals surface area contributed by atoms with Crippen LogP contribution in [0, 0.1) is 0 Å². The second-order valence-corrected chi connectivity index (χ2v) is 7.06. The number of hydrogen-bond acceptors (Lipinski definition) is 3. The first-order valence-corrected chi connectivity index (χ1v) is 8.81. The number of benzene rings is 1. The van der Waals surface area contributed by atoms with Crippen molar-refractivity contribution in [3.05, 3.63) is 69.1 Å². The average Bonchev–Trinajstić information content (AvgIpc) is 2.57. The van der Waals surface area contributed by atoms with Crippen molar-refractivity contribution in [2.24, 2.45) is 0 Å². The molecular weight excluding hydrogens is 338 g/mol. The average molecular weight is 360 g/mol. The summed E-state index contributed by atoms with van der Waals surface area (Å²) >= 11 is 6.19. The molecule has 1 fully saturated rings. The van der Waals surface area contributed by atoms with Crippen molar-refractivity contribution >= 4 is 17.5 Å². The Balaban J connectivity index is 1.85. The molecule has 2 atom stereocenters. The van der Waals surface area contributed by atoms with Gasteiger partial charge in [0.15, 0.2) is 0 Å². The highest BCUT2D eigenvalue weighted by atomic mass is 35.5. The second kappa shape index (κ2) is 7.42. The van der Waals surface area contributed by atoms with Gasteiger partial charge in [0.2, 0.25) is 0 Å². The van der Waals surface area contributed by atoms with Crippen LogP contribution in [0.15, 0.2) is 47.4 Å². The van der Waals surface area contributed by atoms with Crippen LogP contribution in [0.1, 0.15) is 29.8 Å². The zero-order chi connectivity index (χ0) is 18.0. The molecule has 2 aromatic rings. The third-order valence-corrected chi connectivity index (χ3v) is 4.74. The van der Waals surface area contributed by atoms with Crippen LogP contribution in [0.3, 0.4) is 0 Å². The predicted octanol–water partition coefficient (Wildman–Crippen LogP) is 2.37. The lowest BCUT2D eigenvalue weighted by molar-refractivity contribution is 0.0673. The fourth-order valence-electron chi connectivity index (χ4n) is 3.27. The van der Waals surface area contributed by atoms with E-state index in [1.807, 2.05) is 23.1 Å². The van der Waals surface area contributed by atoms with Crippen LogP contribution in [-0.2, 0) is 6.54 Å². The van der Waals surface area contributed by atoms with Gasteiger partial charge in [-0.3, -0.25) is 9.59 Å². The van der Waals surface area contributed by atoms with Crippen LogP contribution in [0.25, 0.3) is 0 Å². The van der Waals surface area contributed by atoms with Gasteiger partial charge in [-0.1, -0.05) is 29.8 Å². The minimum Gasteiger partial charge on any atom is -0.335 e. The maximum atomic E-state index is 12.8. The molecule has 0 spiro atoms. The molecule has 1 aliphatic rings. The van der Waals surface area contributed by atoms with E-state index in [4.69, 9.17) is 11.6 Å². The highest BCUT2D eigenvalue weighted by Crippen LogP contribution is 2.16. The van der Waals surface area contributed by atoms with Gasteiger partial charge in [0, 0.05) is 42.5 Å². The molecule has 6 heteroatoms. The Kier molecular flexibility index (Phi) is 5.25. The first-order chi connectivity index (χ1) is 11.9. The van der Waals surface area contributed by atoms with Crippen LogP contribution >= 0.6 is 11.6 Å². The second-order valence-electron chi connectivity index (χ2n) is 6.65. The van der Waals surface area contributed by atoms with E-state index in [-0.39, 0.29) is 23.6 Å². The van der Waals surface area contributed by atoms with Gasteiger partial charge in [-0.2, -0.15) is 0 Å². The molecular formula is C19H22ClN3O2. The summed E-state index contributed by atoms with van der Waals surface area (Å²) < 4.78 is 1.53. The highest BCUT2D eigenvalue weighted by Gasteiger charge is 2.25. The van der Waals surface area contributed by atoms with Gasteiger partial charge in [0.05, 0.1) is 12.1 Å². The van der Waals surface area contributed by atoms with E-state index in [1.54, 1.807) is 18.3 Å². The van der Waals surface area contributed by atoms with E-state index >= 15 is 0 Å². The quantitative estimate of drug-likeness (QED) is 0.915. The van der Waals surface area contributed by atoms with Crippen LogP contribution in [0.4, 0.5) is 0 Å². The Morgan fingerprint density at radius 1 is 1.16 bits per heavy atom. The molecule has 0 bridgehead atoms. The lowest BCUT2D eigenvalue weighted by Gasteiger charge is -2.36. The van der Waals surface area contributed by atoms with Crippen LogP contribution in [0.2, 0.25) is 5.02 Å². The van der Waals surface area contributed by atoms with E-state index in [0.29, 0.717) is 30.2 Å². The normalized spacial score (nSPS) is 20.5. The lowest BCUT2D eigenvalue weighted by atomic mass is 10.1. The fraction of sp³-hybridized carbons (Fsp3) is 0.368. The number of amides is 1. The van der Waals surface area contributed by atoms with Crippen molar-refractivity contribution in [2.45, 2.75) is 32.5 Å². The van der Waals surface area contributed by atoms with Crippen LogP contribution < -0.4 is 10.9 Å². The van der Waals surface area contributed by atoms with E-state index < -0.39 is 0 Å².